The summed E-state index contributed by atoms with van der Waals surface area (Å²) in [5.41, 5.74) is 4.06. The number of benzene rings is 7. The molecule has 0 radical (unpaired) electrons. The molecule has 14 nitrogen and oxygen atoms in total. The van der Waals surface area contributed by atoms with Crippen molar-refractivity contribution in [3.63, 3.8) is 0 Å². The third kappa shape index (κ3) is 14.5. The van der Waals surface area contributed by atoms with Gasteiger partial charge >= 0.3 is 17.9 Å². The lowest BCUT2D eigenvalue weighted by Gasteiger charge is -2.49. The number of esters is 3. The van der Waals surface area contributed by atoms with Crippen LogP contribution in [0.4, 0.5) is 0 Å². The lowest BCUT2D eigenvalue weighted by molar-refractivity contribution is -0.366. The summed E-state index contributed by atoms with van der Waals surface area (Å²) in [6.45, 7) is 0.0288. The van der Waals surface area contributed by atoms with E-state index in [-0.39, 0.29) is 49.7 Å². The van der Waals surface area contributed by atoms with Crippen molar-refractivity contribution in [1.82, 2.24) is 0 Å². The van der Waals surface area contributed by atoms with Gasteiger partial charge in [0.25, 0.3) is 0 Å². The van der Waals surface area contributed by atoms with Crippen LogP contribution in [0.25, 0.3) is 0 Å². The van der Waals surface area contributed by atoms with Gasteiger partial charge < -0.3 is 52.5 Å². The molecule has 1 N–H and O–H groups in total. The van der Waals surface area contributed by atoms with E-state index in [9.17, 15) is 19.5 Å². The van der Waals surface area contributed by atoms with E-state index < -0.39 is 85.9 Å². The Morgan fingerprint density at radius 2 is 0.747 bits per heavy atom. The highest BCUT2D eigenvalue weighted by Crippen LogP contribution is 2.36. The lowest BCUT2D eigenvalue weighted by Crippen LogP contribution is -2.66. The first kappa shape index (κ1) is 52.5. The van der Waals surface area contributed by atoms with Crippen molar-refractivity contribution in [2.45, 2.75) is 87.8 Å². The monoisotopic (exact) mass is 1010 g/mol. The van der Waals surface area contributed by atoms with Crippen molar-refractivity contribution in [3.05, 3.63) is 251 Å². The predicted molar refractivity (Wildman–Crippen MR) is 274 cm³/mol. The van der Waals surface area contributed by atoms with Crippen LogP contribution in [0.3, 0.4) is 0 Å². The Morgan fingerprint density at radius 1 is 0.373 bits per heavy atom. The molecule has 14 heteroatoms. The molecule has 10 atom stereocenters. The van der Waals surface area contributed by atoms with E-state index >= 15 is 0 Å². The maximum atomic E-state index is 14.3. The van der Waals surface area contributed by atoms with Gasteiger partial charge in [-0.2, -0.15) is 0 Å². The van der Waals surface area contributed by atoms with Crippen LogP contribution >= 0.6 is 0 Å². The number of aliphatic hydroxyl groups excluding tert-OH is 1. The van der Waals surface area contributed by atoms with E-state index in [1.807, 2.05) is 121 Å². The smallest absolute Gasteiger partial charge is 0.338 e. The molecule has 0 saturated carbocycles. The highest BCUT2D eigenvalue weighted by Gasteiger charge is 2.56. The molecule has 10 unspecified atom stereocenters. The number of aliphatic hydroxyl groups is 1. The Kier molecular flexibility index (Phi) is 18.7. The van der Waals surface area contributed by atoms with Crippen LogP contribution in [0, 0.1) is 0 Å². The van der Waals surface area contributed by atoms with Gasteiger partial charge in [-0.25, -0.2) is 14.4 Å². The fourth-order valence-corrected chi connectivity index (χ4v) is 8.81. The van der Waals surface area contributed by atoms with Crippen molar-refractivity contribution in [2.75, 3.05) is 13.2 Å². The maximum Gasteiger partial charge on any atom is 0.338 e. The first-order chi connectivity index (χ1) is 36.9. The number of ether oxygens (including phenoxy) is 10. The maximum absolute atomic E-state index is 14.3. The minimum atomic E-state index is -1.93. The SMILES string of the molecule is O=C(OCC1OC(O)C(OC(=O)c2ccccc2)C(OC(=O)c2ccccc2)C1OC1OC(COCc2ccccc2)C(OCc2ccccc2)C(OCc2ccccc2)C1OCc1ccccc1)c1ccccc1. The van der Waals surface area contributed by atoms with Crippen LogP contribution in [-0.4, -0.2) is 97.6 Å². The molecule has 2 heterocycles. The number of rotatable bonds is 22. The molecule has 0 aromatic heterocycles. The van der Waals surface area contributed by atoms with Crippen LogP contribution in [0.15, 0.2) is 212 Å². The molecule has 0 aliphatic carbocycles. The molecule has 0 spiro atoms. The van der Waals surface area contributed by atoms with Crippen molar-refractivity contribution in [2.24, 2.45) is 0 Å². The van der Waals surface area contributed by atoms with E-state index in [0.29, 0.717) is 0 Å². The largest absolute Gasteiger partial charge is 0.459 e. The molecular weight excluding hydrogens is 957 g/mol. The molecular formula is C61H58O14. The second-order valence-electron chi connectivity index (χ2n) is 17.9. The molecule has 7 aromatic carbocycles. The molecule has 2 aliphatic rings. The average molecular weight is 1020 g/mol. The van der Waals surface area contributed by atoms with Crippen LogP contribution < -0.4 is 0 Å². The zero-order chi connectivity index (χ0) is 51.6. The second kappa shape index (κ2) is 26.7. The van der Waals surface area contributed by atoms with Gasteiger partial charge in [0.1, 0.15) is 43.2 Å². The fraction of sp³-hybridized carbons (Fsp3) is 0.262. The Balaban J connectivity index is 1.13. The van der Waals surface area contributed by atoms with Crippen molar-refractivity contribution < 1.29 is 66.9 Å². The highest BCUT2D eigenvalue weighted by molar-refractivity contribution is 5.90. The summed E-state index contributed by atoms with van der Waals surface area (Å²) in [6, 6.07) is 63.2. The van der Waals surface area contributed by atoms with Gasteiger partial charge in [0.05, 0.1) is 49.7 Å². The Bertz CT molecular complexity index is 2810. The van der Waals surface area contributed by atoms with Gasteiger partial charge in [0, 0.05) is 0 Å². The molecule has 0 amide bonds. The van der Waals surface area contributed by atoms with Gasteiger partial charge in [-0.05, 0) is 58.7 Å². The minimum Gasteiger partial charge on any atom is -0.459 e. The van der Waals surface area contributed by atoms with Crippen LogP contribution in [0.1, 0.15) is 53.3 Å². The summed E-state index contributed by atoms with van der Waals surface area (Å²) in [7, 11) is 0. The number of hydrogen-bond donors (Lipinski definition) is 1. The molecule has 386 valence electrons. The van der Waals surface area contributed by atoms with Gasteiger partial charge in [-0.15, -0.1) is 0 Å². The molecule has 2 aliphatic heterocycles. The second-order valence-corrected chi connectivity index (χ2v) is 17.9. The van der Waals surface area contributed by atoms with Crippen molar-refractivity contribution in [1.29, 1.82) is 0 Å². The third-order valence-electron chi connectivity index (χ3n) is 12.6. The van der Waals surface area contributed by atoms with Gasteiger partial charge in [0.15, 0.2) is 24.8 Å². The van der Waals surface area contributed by atoms with Crippen molar-refractivity contribution >= 4 is 17.9 Å². The number of carbonyl (C=O) groups excluding carboxylic acids is 3. The number of hydrogen-bond acceptors (Lipinski definition) is 14. The fourth-order valence-electron chi connectivity index (χ4n) is 8.81. The first-order valence-electron chi connectivity index (χ1n) is 24.8. The molecule has 2 fully saturated rings. The third-order valence-corrected chi connectivity index (χ3v) is 12.6. The van der Waals surface area contributed by atoms with E-state index in [4.69, 9.17) is 47.4 Å². The van der Waals surface area contributed by atoms with E-state index in [1.54, 1.807) is 91.0 Å². The van der Waals surface area contributed by atoms with Gasteiger partial charge in [-0.1, -0.05) is 176 Å². The predicted octanol–water partition coefficient (Wildman–Crippen LogP) is 9.09. The molecule has 7 aromatic rings. The summed E-state index contributed by atoms with van der Waals surface area (Å²) >= 11 is 0. The minimum absolute atomic E-state index is 0.0213. The van der Waals surface area contributed by atoms with Crippen molar-refractivity contribution in [3.8, 4) is 0 Å². The topological polar surface area (TPSA) is 164 Å². The zero-order valence-electron chi connectivity index (χ0n) is 41.0. The van der Waals surface area contributed by atoms with Crippen LogP contribution in [0.2, 0.25) is 0 Å². The van der Waals surface area contributed by atoms with E-state index in [1.165, 1.54) is 0 Å². The summed E-state index contributed by atoms with van der Waals surface area (Å²) in [4.78, 5) is 41.8. The quantitative estimate of drug-likeness (QED) is 0.0505. The summed E-state index contributed by atoms with van der Waals surface area (Å²) < 4.78 is 65.8. The summed E-state index contributed by atoms with van der Waals surface area (Å²) in [6.07, 6.45) is -13.5. The Morgan fingerprint density at radius 3 is 1.21 bits per heavy atom. The van der Waals surface area contributed by atoms with E-state index in [2.05, 4.69) is 0 Å². The molecule has 75 heavy (non-hydrogen) atoms. The zero-order valence-corrected chi connectivity index (χ0v) is 41.0. The Hall–Kier alpha value is -7.37. The summed E-state index contributed by atoms with van der Waals surface area (Å²) in [5, 5.41) is 11.9. The summed E-state index contributed by atoms with van der Waals surface area (Å²) in [5.74, 6) is -2.39. The number of carbonyl (C=O) groups is 3. The van der Waals surface area contributed by atoms with Gasteiger partial charge in [-0.3, -0.25) is 0 Å². The normalized spacial score (nSPS) is 23.4. The molecule has 9 rings (SSSR count). The van der Waals surface area contributed by atoms with Crippen LogP contribution in [0.5, 0.6) is 0 Å². The van der Waals surface area contributed by atoms with Gasteiger partial charge in [0.2, 0.25) is 0 Å². The standard InChI is InChI=1S/C61H58O14/c62-57(46-30-16-5-17-31-46)70-41-50-52(54(73-58(63)47-32-18-6-19-33-47)55(60(65)71-50)74-59(64)48-34-20-7-21-35-48)75-61-56(69-39-45-28-14-4-15-29-45)53(68-38-44-26-12-3-13-27-44)51(67-37-43-24-10-2-11-25-43)49(72-61)40-66-36-42-22-8-1-9-23-42/h1-35,49-56,60-61,65H,36-41H2. The first-order valence-corrected chi connectivity index (χ1v) is 24.8. The Labute approximate surface area is 435 Å². The lowest BCUT2D eigenvalue weighted by atomic mass is 9.95. The molecule has 0 bridgehead atoms. The highest BCUT2D eigenvalue weighted by atomic mass is 16.8. The van der Waals surface area contributed by atoms with Crippen LogP contribution in [-0.2, 0) is 73.8 Å². The molecule has 2 saturated heterocycles. The average Bonchev–Trinajstić information content (AvgIpc) is 3.46. The van der Waals surface area contributed by atoms with E-state index in [0.717, 1.165) is 22.3 Å².